The molecular formula is C17H26FNO. The average Bonchev–Trinajstić information content (AvgIpc) is 2.42. The minimum atomic E-state index is -0.297. The van der Waals surface area contributed by atoms with E-state index in [1.165, 1.54) is 58.1 Å². The lowest BCUT2D eigenvalue weighted by Crippen LogP contribution is -2.32. The van der Waals surface area contributed by atoms with Crippen LogP contribution >= 0.6 is 0 Å². The van der Waals surface area contributed by atoms with Crippen LogP contribution in [0.3, 0.4) is 0 Å². The Kier molecular flexibility index (Phi) is 5.84. The number of hydrogen-bond acceptors (Lipinski definition) is 2. The van der Waals surface area contributed by atoms with Crippen LogP contribution in [0, 0.1) is 5.82 Å². The molecule has 3 heteroatoms. The van der Waals surface area contributed by atoms with Crippen molar-refractivity contribution in [2.24, 2.45) is 0 Å². The summed E-state index contributed by atoms with van der Waals surface area (Å²) < 4.78 is 18.5. The normalized spacial score (nSPS) is 19.1. The second-order valence-electron chi connectivity index (χ2n) is 5.82. The van der Waals surface area contributed by atoms with E-state index in [0.717, 1.165) is 5.56 Å². The summed E-state index contributed by atoms with van der Waals surface area (Å²) in [7, 11) is 1.51. The number of halogens is 1. The number of rotatable bonds is 4. The van der Waals surface area contributed by atoms with Gasteiger partial charge >= 0.3 is 0 Å². The molecule has 1 N–H and O–H groups in total. The van der Waals surface area contributed by atoms with E-state index in [2.05, 4.69) is 12.2 Å². The smallest absolute Gasteiger partial charge is 0.165 e. The third-order valence-corrected chi connectivity index (χ3v) is 4.27. The van der Waals surface area contributed by atoms with Gasteiger partial charge in [-0.1, -0.05) is 38.2 Å². The van der Waals surface area contributed by atoms with Crippen LogP contribution in [0.25, 0.3) is 0 Å². The Morgan fingerprint density at radius 1 is 1.15 bits per heavy atom. The molecule has 0 amide bonds. The fourth-order valence-electron chi connectivity index (χ4n) is 3.02. The minimum absolute atomic E-state index is 0.230. The Balaban J connectivity index is 1.97. The highest BCUT2D eigenvalue weighted by molar-refractivity contribution is 5.31. The second kappa shape index (κ2) is 7.63. The quantitative estimate of drug-likeness (QED) is 0.870. The molecule has 0 bridgehead atoms. The fraction of sp³-hybridized carbons (Fsp3) is 0.647. The first kappa shape index (κ1) is 15.3. The van der Waals surface area contributed by atoms with Crippen molar-refractivity contribution in [3.63, 3.8) is 0 Å². The molecule has 1 fully saturated rings. The lowest BCUT2D eigenvalue weighted by molar-refractivity contribution is 0.359. The van der Waals surface area contributed by atoms with Gasteiger partial charge in [-0.15, -0.1) is 0 Å². The topological polar surface area (TPSA) is 21.3 Å². The van der Waals surface area contributed by atoms with Crippen LogP contribution in [0.2, 0.25) is 0 Å². The lowest BCUT2D eigenvalue weighted by atomic mass is 9.95. The van der Waals surface area contributed by atoms with Gasteiger partial charge in [0.25, 0.3) is 0 Å². The molecule has 20 heavy (non-hydrogen) atoms. The molecule has 1 saturated carbocycles. The van der Waals surface area contributed by atoms with Crippen LogP contribution in [0.4, 0.5) is 4.39 Å². The van der Waals surface area contributed by atoms with E-state index >= 15 is 0 Å². The Hall–Kier alpha value is -1.09. The summed E-state index contributed by atoms with van der Waals surface area (Å²) in [6.45, 7) is 2.14. The van der Waals surface area contributed by atoms with E-state index < -0.39 is 0 Å². The largest absolute Gasteiger partial charge is 0.494 e. The van der Waals surface area contributed by atoms with Crippen LogP contribution < -0.4 is 10.1 Å². The minimum Gasteiger partial charge on any atom is -0.494 e. The maximum atomic E-state index is 13.4. The number of benzene rings is 1. The molecule has 1 aromatic rings. The first-order chi connectivity index (χ1) is 9.70. The Morgan fingerprint density at radius 3 is 2.45 bits per heavy atom. The zero-order valence-electron chi connectivity index (χ0n) is 12.6. The third kappa shape index (κ3) is 4.20. The van der Waals surface area contributed by atoms with E-state index in [4.69, 9.17) is 4.74 Å². The molecule has 0 saturated heterocycles. The van der Waals surface area contributed by atoms with Crippen molar-refractivity contribution < 1.29 is 9.13 Å². The second-order valence-corrected chi connectivity index (χ2v) is 5.82. The Labute approximate surface area is 121 Å². The van der Waals surface area contributed by atoms with E-state index in [0.29, 0.717) is 11.8 Å². The van der Waals surface area contributed by atoms with Crippen LogP contribution in [0.5, 0.6) is 5.75 Å². The maximum absolute atomic E-state index is 13.4. The van der Waals surface area contributed by atoms with Gasteiger partial charge in [0.05, 0.1) is 7.11 Å². The Morgan fingerprint density at radius 2 is 1.80 bits per heavy atom. The van der Waals surface area contributed by atoms with Crippen molar-refractivity contribution in [1.29, 1.82) is 0 Å². The summed E-state index contributed by atoms with van der Waals surface area (Å²) in [5, 5.41) is 3.70. The highest BCUT2D eigenvalue weighted by Crippen LogP contribution is 2.24. The van der Waals surface area contributed by atoms with E-state index in [1.54, 1.807) is 6.07 Å². The summed E-state index contributed by atoms with van der Waals surface area (Å²) >= 11 is 0. The molecule has 0 spiro atoms. The first-order valence-corrected chi connectivity index (χ1v) is 7.80. The highest BCUT2D eigenvalue weighted by atomic mass is 19.1. The van der Waals surface area contributed by atoms with Gasteiger partial charge in [-0.25, -0.2) is 4.39 Å². The summed E-state index contributed by atoms with van der Waals surface area (Å²) in [5.41, 5.74) is 1.09. The molecule has 112 valence electrons. The molecule has 1 aliphatic rings. The predicted octanol–water partition coefficient (Wildman–Crippen LogP) is 4.60. The number of hydrogen-bond donors (Lipinski definition) is 1. The van der Waals surface area contributed by atoms with E-state index in [9.17, 15) is 4.39 Å². The van der Waals surface area contributed by atoms with E-state index in [1.807, 2.05) is 6.07 Å². The van der Waals surface area contributed by atoms with Crippen LogP contribution in [0.1, 0.15) is 63.5 Å². The molecule has 1 aromatic carbocycles. The van der Waals surface area contributed by atoms with Crippen molar-refractivity contribution in [2.45, 2.75) is 64.0 Å². The summed E-state index contributed by atoms with van der Waals surface area (Å²) in [6, 6.07) is 5.95. The van der Waals surface area contributed by atoms with Crippen molar-refractivity contribution in [3.05, 3.63) is 29.6 Å². The first-order valence-electron chi connectivity index (χ1n) is 7.80. The molecule has 1 aliphatic carbocycles. The van der Waals surface area contributed by atoms with Gasteiger partial charge < -0.3 is 10.1 Å². The zero-order valence-corrected chi connectivity index (χ0v) is 12.6. The van der Waals surface area contributed by atoms with Gasteiger partial charge in [0, 0.05) is 12.1 Å². The van der Waals surface area contributed by atoms with Crippen LogP contribution in [-0.4, -0.2) is 13.2 Å². The molecule has 0 radical (unpaired) electrons. The van der Waals surface area contributed by atoms with Gasteiger partial charge in [0.2, 0.25) is 0 Å². The number of methoxy groups -OCH3 is 1. The number of ether oxygens (including phenoxy) is 1. The van der Waals surface area contributed by atoms with Gasteiger partial charge in [-0.2, -0.15) is 0 Å². The van der Waals surface area contributed by atoms with E-state index in [-0.39, 0.29) is 11.9 Å². The maximum Gasteiger partial charge on any atom is 0.165 e. The van der Waals surface area contributed by atoms with Gasteiger partial charge in [0.15, 0.2) is 11.6 Å². The van der Waals surface area contributed by atoms with Crippen LogP contribution in [0.15, 0.2) is 18.2 Å². The molecule has 2 rings (SSSR count). The SMILES string of the molecule is COc1cc(C(C)NC2CCCCCCC2)ccc1F. The summed E-state index contributed by atoms with van der Waals surface area (Å²) in [6.07, 6.45) is 9.24. The number of nitrogens with one attached hydrogen (secondary N) is 1. The lowest BCUT2D eigenvalue weighted by Gasteiger charge is -2.25. The summed E-state index contributed by atoms with van der Waals surface area (Å²) in [4.78, 5) is 0. The van der Waals surface area contributed by atoms with Crippen molar-refractivity contribution in [1.82, 2.24) is 5.32 Å². The fourth-order valence-corrected chi connectivity index (χ4v) is 3.02. The zero-order chi connectivity index (χ0) is 14.4. The Bertz CT molecular complexity index is 413. The van der Waals surface area contributed by atoms with Crippen molar-refractivity contribution >= 4 is 0 Å². The molecule has 0 aromatic heterocycles. The average molecular weight is 279 g/mol. The van der Waals surface area contributed by atoms with Gasteiger partial charge in [0.1, 0.15) is 0 Å². The molecule has 2 nitrogen and oxygen atoms in total. The molecular weight excluding hydrogens is 253 g/mol. The highest BCUT2D eigenvalue weighted by Gasteiger charge is 2.16. The predicted molar refractivity (Wildman–Crippen MR) is 80.6 cm³/mol. The van der Waals surface area contributed by atoms with Gasteiger partial charge in [-0.05, 0) is 37.5 Å². The van der Waals surface area contributed by atoms with Crippen molar-refractivity contribution in [3.8, 4) is 5.75 Å². The monoisotopic (exact) mass is 279 g/mol. The standard InChI is InChI=1S/C17H26FNO/c1-13(14-10-11-16(18)17(12-14)20-2)19-15-8-6-4-3-5-7-9-15/h10-13,15,19H,3-9H2,1-2H3. The molecule has 1 unspecified atom stereocenters. The van der Waals surface area contributed by atoms with Crippen LogP contribution in [-0.2, 0) is 0 Å². The molecule has 1 atom stereocenters. The van der Waals surface area contributed by atoms with Gasteiger partial charge in [-0.3, -0.25) is 0 Å². The third-order valence-electron chi connectivity index (χ3n) is 4.27. The molecule has 0 aliphatic heterocycles. The molecule has 0 heterocycles. The van der Waals surface area contributed by atoms with Crippen molar-refractivity contribution in [2.75, 3.05) is 7.11 Å². The summed E-state index contributed by atoms with van der Waals surface area (Å²) in [5.74, 6) is 0.0308.